The van der Waals surface area contributed by atoms with E-state index in [0.717, 1.165) is 19.3 Å². The Bertz CT molecular complexity index is 441. The van der Waals surface area contributed by atoms with Gasteiger partial charge in [-0.05, 0) is 20.3 Å². The van der Waals surface area contributed by atoms with Crippen molar-refractivity contribution in [2.45, 2.75) is 148 Å². The van der Waals surface area contributed by atoms with E-state index < -0.39 is 24.2 Å². The van der Waals surface area contributed by atoms with Crippen LogP contribution in [0.25, 0.3) is 0 Å². The van der Waals surface area contributed by atoms with Gasteiger partial charge in [0.15, 0.2) is 6.04 Å². The average molecular weight is 496 g/mol. The smallest absolute Gasteiger partial charge is 0.325 e. The molecule has 0 rings (SSSR count). The monoisotopic (exact) mass is 495 g/mol. The molecule has 0 aliphatic heterocycles. The van der Waals surface area contributed by atoms with E-state index in [4.69, 9.17) is 14.7 Å². The number of methoxy groups -OCH3 is 1. The molecular formula is C26H54ClNO5. The second-order valence-corrected chi connectivity index (χ2v) is 9.69. The van der Waals surface area contributed by atoms with E-state index >= 15 is 0 Å². The fourth-order valence-corrected chi connectivity index (χ4v) is 4.14. The summed E-state index contributed by atoms with van der Waals surface area (Å²) in [5.41, 5.74) is 2.00. The third kappa shape index (κ3) is 20.7. The lowest BCUT2D eigenvalue weighted by atomic mass is 9.92. The Morgan fingerprint density at radius 2 is 1.30 bits per heavy atom. The number of hydroxylamine groups is 1. The van der Waals surface area contributed by atoms with Gasteiger partial charge in [0.25, 0.3) is 0 Å². The minimum Gasteiger partial charge on any atom is -0.480 e. The Hall–Kier alpha value is -0.400. The molecule has 0 spiro atoms. The highest BCUT2D eigenvalue weighted by Gasteiger charge is 2.30. The molecule has 0 radical (unpaired) electrons. The number of unbranched alkanes of at least 4 members (excludes halogenated alkanes) is 14. The first-order chi connectivity index (χ1) is 15.4. The Morgan fingerprint density at radius 1 is 0.879 bits per heavy atom. The second-order valence-electron chi connectivity index (χ2n) is 9.69. The summed E-state index contributed by atoms with van der Waals surface area (Å²) in [5.74, 6) is -1.12. The molecule has 0 aliphatic carbocycles. The summed E-state index contributed by atoms with van der Waals surface area (Å²) in [6.07, 6.45) is 21.4. The molecule has 6 nitrogen and oxygen atoms in total. The number of aliphatic hydroxyl groups excluding tert-OH is 1. The van der Waals surface area contributed by atoms with Crippen LogP contribution in [-0.2, 0) is 14.4 Å². The van der Waals surface area contributed by atoms with Crippen LogP contribution in [0.5, 0.6) is 0 Å². The molecule has 3 N–H and O–H groups in total. The van der Waals surface area contributed by atoms with Crippen LogP contribution in [0.3, 0.4) is 0 Å². The van der Waals surface area contributed by atoms with Crippen LogP contribution in [0.4, 0.5) is 0 Å². The predicted molar refractivity (Wildman–Crippen MR) is 139 cm³/mol. The van der Waals surface area contributed by atoms with Crippen LogP contribution in [0.1, 0.15) is 130 Å². The molecule has 0 bridgehead atoms. The first-order valence-electron chi connectivity index (χ1n) is 13.2. The van der Waals surface area contributed by atoms with Crippen molar-refractivity contribution >= 4 is 18.4 Å². The van der Waals surface area contributed by atoms with Crippen molar-refractivity contribution in [3.8, 4) is 0 Å². The molecule has 0 fully saturated rings. The minimum absolute atomic E-state index is 0. The molecule has 200 valence electrons. The number of halogens is 1. The maximum Gasteiger partial charge on any atom is 0.325 e. The number of rotatable bonds is 24. The van der Waals surface area contributed by atoms with Gasteiger partial charge in [0.2, 0.25) is 0 Å². The van der Waals surface area contributed by atoms with Crippen molar-refractivity contribution in [1.29, 1.82) is 0 Å². The number of carboxylic acids is 1. The number of aliphatic carboxylic acids is 1. The molecule has 0 aromatic carbocycles. The Morgan fingerprint density at radius 3 is 1.67 bits per heavy atom. The van der Waals surface area contributed by atoms with E-state index in [1.54, 1.807) is 7.11 Å². The first-order valence-corrected chi connectivity index (χ1v) is 13.2. The zero-order chi connectivity index (χ0) is 24.1. The summed E-state index contributed by atoms with van der Waals surface area (Å²) < 4.78 is 5.38. The molecule has 0 saturated carbocycles. The summed E-state index contributed by atoms with van der Waals surface area (Å²) >= 11 is 0. The molecule has 33 heavy (non-hydrogen) atoms. The van der Waals surface area contributed by atoms with Crippen molar-refractivity contribution in [3.63, 3.8) is 0 Å². The average Bonchev–Trinajstić information content (AvgIpc) is 2.76. The van der Waals surface area contributed by atoms with Crippen molar-refractivity contribution in [3.05, 3.63) is 0 Å². The van der Waals surface area contributed by atoms with Gasteiger partial charge in [0, 0.05) is 13.5 Å². The van der Waals surface area contributed by atoms with Gasteiger partial charge in [-0.3, -0.25) is 9.63 Å². The number of ether oxygens (including phenoxy) is 1. The summed E-state index contributed by atoms with van der Waals surface area (Å²) in [5, 5.41) is 18.3. The Balaban J connectivity index is 0. The highest BCUT2D eigenvalue weighted by molar-refractivity contribution is 5.85. The Labute approximate surface area is 209 Å². The molecule has 3 atom stereocenters. The lowest BCUT2D eigenvalue weighted by Gasteiger charge is -2.32. The van der Waals surface area contributed by atoms with Gasteiger partial charge in [-0.1, -0.05) is 103 Å². The Kier molecular flexibility index (Phi) is 24.6. The first kappa shape index (κ1) is 34.8. The van der Waals surface area contributed by atoms with Gasteiger partial charge < -0.3 is 14.9 Å². The van der Waals surface area contributed by atoms with Crippen LogP contribution in [-0.4, -0.2) is 47.6 Å². The number of nitrogens with one attached hydrogen (secondary N) is 1. The van der Waals surface area contributed by atoms with Gasteiger partial charge in [0.1, 0.15) is 0 Å². The van der Waals surface area contributed by atoms with Gasteiger partial charge in [-0.25, -0.2) is 0 Å². The number of carbonyl (C=O) groups is 1. The second kappa shape index (κ2) is 23.3. The van der Waals surface area contributed by atoms with E-state index in [1.807, 2.05) is 13.8 Å². The molecule has 0 aromatic rings. The standard InChI is InChI=1S/C26H53NO5.ClH/c1-5-6-7-8-9-10-11-12-13-14-15-16-17-18-19-20-26(3,21-23(2)31-4)32-27-24(22-28)25(29)30;/h23-24,27-28H,5-22H2,1-4H3,(H,29,30);1H. The summed E-state index contributed by atoms with van der Waals surface area (Å²) in [6.45, 7) is 5.72. The van der Waals surface area contributed by atoms with Crippen LogP contribution >= 0.6 is 12.4 Å². The van der Waals surface area contributed by atoms with Crippen molar-refractivity contribution < 1.29 is 24.6 Å². The third-order valence-corrected chi connectivity index (χ3v) is 6.36. The van der Waals surface area contributed by atoms with Gasteiger partial charge in [-0.15, -0.1) is 12.4 Å². The van der Waals surface area contributed by atoms with Gasteiger partial charge in [0.05, 0.1) is 18.3 Å². The zero-order valence-corrected chi connectivity index (χ0v) is 22.7. The van der Waals surface area contributed by atoms with E-state index in [9.17, 15) is 9.90 Å². The van der Waals surface area contributed by atoms with Crippen LogP contribution in [0, 0.1) is 0 Å². The molecule has 0 saturated heterocycles. The zero-order valence-electron chi connectivity index (χ0n) is 21.9. The van der Waals surface area contributed by atoms with E-state index in [-0.39, 0.29) is 18.5 Å². The fourth-order valence-electron chi connectivity index (χ4n) is 4.14. The van der Waals surface area contributed by atoms with Crippen LogP contribution in [0.15, 0.2) is 0 Å². The molecule has 7 heteroatoms. The quantitative estimate of drug-likeness (QED) is 0.100. The van der Waals surface area contributed by atoms with Gasteiger partial charge >= 0.3 is 5.97 Å². The number of hydrogen-bond acceptors (Lipinski definition) is 5. The highest BCUT2D eigenvalue weighted by atomic mass is 35.5. The minimum atomic E-state index is -1.12. The van der Waals surface area contributed by atoms with Gasteiger partial charge in [-0.2, -0.15) is 5.48 Å². The maximum absolute atomic E-state index is 11.1. The predicted octanol–water partition coefficient (Wildman–Crippen LogP) is 6.82. The highest BCUT2D eigenvalue weighted by Crippen LogP contribution is 2.26. The summed E-state index contributed by atoms with van der Waals surface area (Å²) in [4.78, 5) is 16.9. The largest absolute Gasteiger partial charge is 0.480 e. The number of aliphatic hydroxyl groups is 1. The van der Waals surface area contributed by atoms with Crippen molar-refractivity contribution in [2.24, 2.45) is 0 Å². The molecule has 3 unspecified atom stereocenters. The lowest BCUT2D eigenvalue weighted by Crippen LogP contribution is -2.46. The van der Waals surface area contributed by atoms with Crippen LogP contribution < -0.4 is 5.48 Å². The van der Waals surface area contributed by atoms with Crippen LogP contribution in [0.2, 0.25) is 0 Å². The molecule has 0 aromatic heterocycles. The lowest BCUT2D eigenvalue weighted by molar-refractivity contribution is -0.162. The third-order valence-electron chi connectivity index (χ3n) is 6.36. The normalized spacial score (nSPS) is 14.9. The molecule has 0 heterocycles. The summed E-state index contributed by atoms with van der Waals surface area (Å²) in [7, 11) is 1.67. The molecular weight excluding hydrogens is 442 g/mol. The van der Waals surface area contributed by atoms with E-state index in [1.165, 1.54) is 83.5 Å². The molecule has 0 aliphatic rings. The fraction of sp³-hybridized carbons (Fsp3) is 0.962. The maximum atomic E-state index is 11.1. The molecule has 0 amide bonds. The van der Waals surface area contributed by atoms with Crippen molar-refractivity contribution in [1.82, 2.24) is 5.48 Å². The summed E-state index contributed by atoms with van der Waals surface area (Å²) in [6, 6.07) is -1.12. The van der Waals surface area contributed by atoms with Crippen molar-refractivity contribution in [2.75, 3.05) is 13.7 Å². The number of hydrogen-bond donors (Lipinski definition) is 3. The van der Waals surface area contributed by atoms with E-state index in [2.05, 4.69) is 12.4 Å². The van der Waals surface area contributed by atoms with E-state index in [0.29, 0.717) is 6.42 Å². The SMILES string of the molecule is CCCCCCCCCCCCCCCCCC(C)(CC(C)OC)ONC(CO)C(=O)O.Cl. The topological polar surface area (TPSA) is 88.0 Å². The number of carboxylic acid groups (broad SMARTS) is 1.